The van der Waals surface area contributed by atoms with E-state index in [0.29, 0.717) is 0 Å². The normalized spacial score (nSPS) is 14.0. The molecule has 3 N–H and O–H groups in total. The van der Waals surface area contributed by atoms with Crippen molar-refractivity contribution in [1.82, 2.24) is 5.32 Å². The van der Waals surface area contributed by atoms with Crippen molar-refractivity contribution < 1.29 is 22.9 Å². The van der Waals surface area contributed by atoms with Gasteiger partial charge in [-0.3, -0.25) is 9.35 Å². The molecule has 2 unspecified atom stereocenters. The zero-order valence-electron chi connectivity index (χ0n) is 31.5. The Hall–Kier alpha value is -1.96. The van der Waals surface area contributed by atoms with E-state index in [2.05, 4.69) is 67.8 Å². The lowest BCUT2D eigenvalue weighted by Gasteiger charge is -2.21. The summed E-state index contributed by atoms with van der Waals surface area (Å²) in [6, 6.07) is -1.06. The van der Waals surface area contributed by atoms with Gasteiger partial charge in [0.25, 0.3) is 10.1 Å². The summed E-state index contributed by atoms with van der Waals surface area (Å²) in [6.45, 7) is 4.38. The molecule has 0 saturated heterocycles. The van der Waals surface area contributed by atoms with Crippen LogP contribution in [-0.4, -0.2) is 41.9 Å². The van der Waals surface area contributed by atoms with Gasteiger partial charge in [-0.05, 0) is 57.8 Å². The second-order valence-corrected chi connectivity index (χ2v) is 15.0. The molecule has 0 rings (SSSR count). The minimum atomic E-state index is -4.34. The number of carbonyl (C=O) groups excluding carboxylic acids is 1. The molecule has 7 heteroatoms. The predicted octanol–water partition coefficient (Wildman–Crippen LogP) is 11.7. The Labute approximate surface area is 302 Å². The summed E-state index contributed by atoms with van der Waals surface area (Å²) in [5.41, 5.74) is 0. The first-order chi connectivity index (χ1) is 23.8. The molecule has 1 amide bonds. The second-order valence-electron chi connectivity index (χ2n) is 13.5. The number of aliphatic hydroxyl groups is 1. The van der Waals surface area contributed by atoms with Crippen molar-refractivity contribution in [3.8, 4) is 0 Å². The number of unbranched alkanes of at least 4 members (excludes halogenated alkanes) is 19. The van der Waals surface area contributed by atoms with Gasteiger partial charge in [0.15, 0.2) is 0 Å². The van der Waals surface area contributed by atoms with Crippen molar-refractivity contribution in [3.05, 3.63) is 60.8 Å². The average molecular weight is 706 g/mol. The van der Waals surface area contributed by atoms with E-state index in [9.17, 15) is 22.9 Å². The molecule has 0 aromatic heterocycles. The van der Waals surface area contributed by atoms with Gasteiger partial charge in [-0.1, -0.05) is 177 Å². The van der Waals surface area contributed by atoms with Crippen LogP contribution in [0.4, 0.5) is 0 Å². The molecule has 0 radical (unpaired) electrons. The van der Waals surface area contributed by atoms with Crippen molar-refractivity contribution in [2.24, 2.45) is 0 Å². The summed E-state index contributed by atoms with van der Waals surface area (Å²) in [4.78, 5) is 12.5. The predicted molar refractivity (Wildman–Crippen MR) is 211 cm³/mol. The highest BCUT2D eigenvalue weighted by Crippen LogP contribution is 2.14. The zero-order chi connectivity index (χ0) is 36.1. The van der Waals surface area contributed by atoms with Crippen LogP contribution in [0.2, 0.25) is 0 Å². The van der Waals surface area contributed by atoms with Gasteiger partial charge in [0.2, 0.25) is 5.91 Å². The van der Waals surface area contributed by atoms with Crippen LogP contribution in [-0.2, 0) is 14.9 Å². The molecule has 0 aliphatic rings. The molecule has 0 heterocycles. The Kier molecular flexibility index (Phi) is 34.4. The molecule has 2 atom stereocenters. The van der Waals surface area contributed by atoms with E-state index in [4.69, 9.17) is 0 Å². The molecule has 0 bridgehead atoms. The molecule has 0 fully saturated rings. The third kappa shape index (κ3) is 37.1. The highest BCUT2D eigenvalue weighted by atomic mass is 32.2. The standard InChI is InChI=1S/C42H75NO5S/c1-3-5-7-9-11-13-15-16-17-18-19-20-21-22-23-24-25-26-28-30-32-34-36-38-42(45)43-40(39-49(46,47)48)41(44)37-35-33-31-29-27-14-12-10-8-6-4-2/h5,7,11,13,16-17,19-20,35,37,40-41,44H,3-4,6,8-10,12,14-15,18,21-34,36,38-39H2,1-2H3,(H,43,45)(H,46,47,48)/b7-5-,13-11-,17-16-,20-19-,37-35+. The molecule has 284 valence electrons. The van der Waals surface area contributed by atoms with Crippen molar-refractivity contribution >= 4 is 16.0 Å². The number of hydrogen-bond donors (Lipinski definition) is 3. The fraction of sp³-hybridized carbons (Fsp3) is 0.738. The van der Waals surface area contributed by atoms with Gasteiger partial charge in [-0.15, -0.1) is 0 Å². The lowest BCUT2D eigenvalue weighted by molar-refractivity contribution is -0.122. The van der Waals surface area contributed by atoms with E-state index in [1.807, 2.05) is 6.08 Å². The van der Waals surface area contributed by atoms with Crippen LogP contribution < -0.4 is 5.32 Å². The molecular weight excluding hydrogens is 631 g/mol. The summed E-state index contributed by atoms with van der Waals surface area (Å²) >= 11 is 0. The second kappa shape index (κ2) is 35.9. The van der Waals surface area contributed by atoms with E-state index in [1.165, 1.54) is 83.5 Å². The van der Waals surface area contributed by atoms with Gasteiger partial charge in [0.1, 0.15) is 0 Å². The van der Waals surface area contributed by atoms with Crippen LogP contribution in [0.1, 0.15) is 181 Å². The summed E-state index contributed by atoms with van der Waals surface area (Å²) < 4.78 is 32.4. The van der Waals surface area contributed by atoms with Gasteiger partial charge in [0.05, 0.1) is 17.9 Å². The Balaban J connectivity index is 3.88. The number of hydrogen-bond acceptors (Lipinski definition) is 4. The maximum absolute atomic E-state index is 12.5. The minimum Gasteiger partial charge on any atom is -0.387 e. The summed E-state index contributed by atoms with van der Waals surface area (Å²) in [7, 11) is -4.34. The molecule has 0 saturated carbocycles. The van der Waals surface area contributed by atoms with E-state index in [-0.39, 0.29) is 12.3 Å². The first-order valence-corrected chi connectivity index (χ1v) is 21.6. The van der Waals surface area contributed by atoms with Gasteiger partial charge in [-0.2, -0.15) is 8.42 Å². The molecule has 0 spiro atoms. The Bertz CT molecular complexity index is 999. The smallest absolute Gasteiger partial charge is 0.267 e. The number of aliphatic hydroxyl groups excluding tert-OH is 1. The monoisotopic (exact) mass is 706 g/mol. The minimum absolute atomic E-state index is 0.287. The number of rotatable bonds is 35. The van der Waals surface area contributed by atoms with Gasteiger partial charge in [-0.25, -0.2) is 0 Å². The summed E-state index contributed by atoms with van der Waals surface area (Å²) in [5, 5.41) is 13.2. The molecule has 0 aliphatic heterocycles. The first-order valence-electron chi connectivity index (χ1n) is 20.0. The summed E-state index contributed by atoms with van der Waals surface area (Å²) in [6.07, 6.45) is 49.2. The number of amides is 1. The van der Waals surface area contributed by atoms with E-state index in [0.717, 1.165) is 77.0 Å². The number of nitrogens with one attached hydrogen (secondary N) is 1. The number of carbonyl (C=O) groups is 1. The highest BCUT2D eigenvalue weighted by molar-refractivity contribution is 7.85. The third-order valence-corrected chi connectivity index (χ3v) is 9.48. The Morgan fingerprint density at radius 2 is 0.980 bits per heavy atom. The first kappa shape index (κ1) is 47.0. The van der Waals surface area contributed by atoms with E-state index < -0.39 is 28.0 Å². The molecule has 0 aromatic carbocycles. The van der Waals surface area contributed by atoms with Crippen LogP contribution in [0.15, 0.2) is 60.8 Å². The highest BCUT2D eigenvalue weighted by Gasteiger charge is 2.24. The lowest BCUT2D eigenvalue weighted by atomic mass is 10.0. The molecule has 0 aromatic rings. The summed E-state index contributed by atoms with van der Waals surface area (Å²) in [5.74, 6) is -0.988. The maximum Gasteiger partial charge on any atom is 0.267 e. The van der Waals surface area contributed by atoms with Gasteiger partial charge >= 0.3 is 0 Å². The van der Waals surface area contributed by atoms with Gasteiger partial charge in [0, 0.05) is 6.42 Å². The maximum atomic E-state index is 12.5. The number of allylic oxidation sites excluding steroid dienone is 9. The topological polar surface area (TPSA) is 104 Å². The van der Waals surface area contributed by atoms with Crippen molar-refractivity contribution in [1.29, 1.82) is 0 Å². The molecular formula is C42H75NO5S. The fourth-order valence-corrected chi connectivity index (χ4v) is 6.47. The molecule has 49 heavy (non-hydrogen) atoms. The van der Waals surface area contributed by atoms with Crippen LogP contribution in [0.5, 0.6) is 0 Å². The van der Waals surface area contributed by atoms with Crippen LogP contribution >= 0.6 is 0 Å². The van der Waals surface area contributed by atoms with Crippen LogP contribution in [0.3, 0.4) is 0 Å². The largest absolute Gasteiger partial charge is 0.387 e. The van der Waals surface area contributed by atoms with Crippen LogP contribution in [0, 0.1) is 0 Å². The Morgan fingerprint density at radius 3 is 1.45 bits per heavy atom. The van der Waals surface area contributed by atoms with E-state index >= 15 is 0 Å². The quantitative estimate of drug-likeness (QED) is 0.0346. The lowest BCUT2D eigenvalue weighted by Crippen LogP contribution is -2.46. The van der Waals surface area contributed by atoms with Crippen molar-refractivity contribution in [2.75, 3.05) is 5.75 Å². The third-order valence-electron chi connectivity index (χ3n) is 8.70. The van der Waals surface area contributed by atoms with Crippen LogP contribution in [0.25, 0.3) is 0 Å². The average Bonchev–Trinajstić information content (AvgIpc) is 3.06. The fourth-order valence-electron chi connectivity index (χ4n) is 5.73. The van der Waals surface area contributed by atoms with E-state index in [1.54, 1.807) is 6.08 Å². The Morgan fingerprint density at radius 1 is 0.571 bits per heavy atom. The zero-order valence-corrected chi connectivity index (χ0v) is 32.4. The SMILES string of the molecule is CC/C=C\C/C=C\C/C=C\C/C=C\CCCCCCCCCCCCC(=O)NC(CS(=O)(=O)O)C(O)/C=C/CCCCCCCCCCC. The molecule has 6 nitrogen and oxygen atoms in total. The van der Waals surface area contributed by atoms with Crippen molar-refractivity contribution in [2.45, 2.75) is 193 Å². The molecule has 0 aliphatic carbocycles. The van der Waals surface area contributed by atoms with Crippen molar-refractivity contribution in [3.63, 3.8) is 0 Å². The van der Waals surface area contributed by atoms with Gasteiger partial charge < -0.3 is 10.4 Å².